The molecule has 0 unspecified atom stereocenters. The molecular formula is C20H20N4O3. The molecule has 3 rings (SSSR count). The van der Waals surface area contributed by atoms with Crippen LogP contribution in [0.5, 0.6) is 11.6 Å². The van der Waals surface area contributed by atoms with E-state index in [0.29, 0.717) is 29.6 Å². The minimum absolute atomic E-state index is 0.288. The molecule has 1 amide bonds. The molecule has 0 bridgehead atoms. The number of rotatable bonds is 7. The number of pyridine rings is 2. The van der Waals surface area contributed by atoms with Gasteiger partial charge >= 0.3 is 0 Å². The lowest BCUT2D eigenvalue weighted by Gasteiger charge is -2.12. The zero-order valence-electron chi connectivity index (χ0n) is 15.1. The second-order valence-electron chi connectivity index (χ2n) is 5.53. The number of nitrogens with one attached hydrogen (secondary N) is 2. The molecule has 138 valence electrons. The fraction of sp³-hybridized carbons (Fsp3) is 0.150. The minimum Gasteiger partial charge on any atom is -0.494 e. The predicted molar refractivity (Wildman–Crippen MR) is 104 cm³/mol. The van der Waals surface area contributed by atoms with Crippen LogP contribution < -0.4 is 20.1 Å². The smallest absolute Gasteiger partial charge is 0.259 e. The first kappa shape index (κ1) is 18.2. The first-order valence-corrected chi connectivity index (χ1v) is 8.46. The van der Waals surface area contributed by atoms with E-state index in [0.717, 1.165) is 11.4 Å². The van der Waals surface area contributed by atoms with E-state index >= 15 is 0 Å². The minimum atomic E-state index is -0.288. The number of ether oxygens (including phenoxy) is 2. The number of aromatic nitrogens is 2. The summed E-state index contributed by atoms with van der Waals surface area (Å²) in [5, 5.41) is 5.97. The van der Waals surface area contributed by atoms with E-state index in [1.165, 1.54) is 13.3 Å². The highest BCUT2D eigenvalue weighted by atomic mass is 16.5. The second kappa shape index (κ2) is 8.66. The maximum Gasteiger partial charge on any atom is 0.259 e. The van der Waals surface area contributed by atoms with Crippen molar-refractivity contribution in [3.05, 3.63) is 66.5 Å². The second-order valence-corrected chi connectivity index (χ2v) is 5.53. The quantitative estimate of drug-likeness (QED) is 0.662. The third-order valence-electron chi connectivity index (χ3n) is 3.68. The molecule has 27 heavy (non-hydrogen) atoms. The molecular weight excluding hydrogens is 344 g/mol. The lowest BCUT2D eigenvalue weighted by molar-refractivity contribution is 0.102. The molecule has 1 aromatic carbocycles. The molecule has 3 aromatic rings. The van der Waals surface area contributed by atoms with E-state index in [-0.39, 0.29) is 5.91 Å². The van der Waals surface area contributed by atoms with Crippen LogP contribution in [-0.2, 0) is 0 Å². The summed E-state index contributed by atoms with van der Waals surface area (Å²) >= 11 is 0. The summed E-state index contributed by atoms with van der Waals surface area (Å²) in [4.78, 5) is 21.0. The van der Waals surface area contributed by atoms with Gasteiger partial charge in [-0.2, -0.15) is 0 Å². The van der Waals surface area contributed by atoms with Gasteiger partial charge in [-0.05, 0) is 49.4 Å². The van der Waals surface area contributed by atoms with Crippen molar-refractivity contribution in [1.29, 1.82) is 0 Å². The van der Waals surface area contributed by atoms with Crippen molar-refractivity contribution in [1.82, 2.24) is 9.97 Å². The Morgan fingerprint density at radius 2 is 1.81 bits per heavy atom. The van der Waals surface area contributed by atoms with Gasteiger partial charge in [-0.1, -0.05) is 0 Å². The highest BCUT2D eigenvalue weighted by molar-refractivity contribution is 6.07. The molecule has 0 fully saturated rings. The van der Waals surface area contributed by atoms with Crippen LogP contribution in [0.2, 0.25) is 0 Å². The zero-order chi connectivity index (χ0) is 19.1. The van der Waals surface area contributed by atoms with Crippen LogP contribution in [0.4, 0.5) is 17.2 Å². The molecule has 0 aliphatic heterocycles. The Bertz CT molecular complexity index is 896. The Kier molecular flexibility index (Phi) is 5.84. The van der Waals surface area contributed by atoms with Gasteiger partial charge in [0.15, 0.2) is 0 Å². The van der Waals surface area contributed by atoms with E-state index in [9.17, 15) is 4.79 Å². The van der Waals surface area contributed by atoms with Crippen LogP contribution in [0.1, 0.15) is 17.3 Å². The third-order valence-corrected chi connectivity index (χ3v) is 3.68. The number of amides is 1. The lowest BCUT2D eigenvalue weighted by atomic mass is 10.2. The van der Waals surface area contributed by atoms with Gasteiger partial charge in [-0.3, -0.25) is 4.79 Å². The number of nitrogens with zero attached hydrogens (tertiary/aromatic N) is 2. The van der Waals surface area contributed by atoms with Gasteiger partial charge in [0, 0.05) is 18.0 Å². The van der Waals surface area contributed by atoms with E-state index < -0.39 is 0 Å². The number of carbonyl (C=O) groups is 1. The molecule has 7 nitrogen and oxygen atoms in total. The molecule has 0 spiro atoms. The maximum absolute atomic E-state index is 12.6. The van der Waals surface area contributed by atoms with Crippen LogP contribution in [-0.4, -0.2) is 29.6 Å². The topological polar surface area (TPSA) is 85.4 Å². The van der Waals surface area contributed by atoms with Crippen LogP contribution in [0.15, 0.2) is 60.9 Å². The Balaban J connectivity index is 1.75. The highest BCUT2D eigenvalue weighted by Crippen LogP contribution is 2.22. The van der Waals surface area contributed by atoms with Crippen molar-refractivity contribution in [2.24, 2.45) is 0 Å². The van der Waals surface area contributed by atoms with E-state index in [1.54, 1.807) is 30.5 Å². The number of methoxy groups -OCH3 is 1. The molecule has 0 saturated carbocycles. The summed E-state index contributed by atoms with van der Waals surface area (Å²) in [6.07, 6.45) is 3.16. The molecule has 2 aromatic heterocycles. The molecule has 0 saturated heterocycles. The highest BCUT2D eigenvalue weighted by Gasteiger charge is 2.13. The van der Waals surface area contributed by atoms with Crippen molar-refractivity contribution in [2.45, 2.75) is 6.92 Å². The number of carbonyl (C=O) groups excluding carboxylic acids is 1. The maximum atomic E-state index is 12.6. The normalized spacial score (nSPS) is 10.1. The summed E-state index contributed by atoms with van der Waals surface area (Å²) in [5.74, 6) is 1.44. The summed E-state index contributed by atoms with van der Waals surface area (Å²) < 4.78 is 10.4. The van der Waals surface area contributed by atoms with Crippen molar-refractivity contribution in [3.8, 4) is 11.6 Å². The van der Waals surface area contributed by atoms with E-state index in [2.05, 4.69) is 20.6 Å². The Labute approximate surface area is 157 Å². The Hall–Kier alpha value is -3.61. The summed E-state index contributed by atoms with van der Waals surface area (Å²) in [6, 6.07) is 14.3. The number of hydrogen-bond donors (Lipinski definition) is 2. The van der Waals surface area contributed by atoms with Gasteiger partial charge in [-0.15, -0.1) is 0 Å². The van der Waals surface area contributed by atoms with Gasteiger partial charge in [-0.25, -0.2) is 9.97 Å². The van der Waals surface area contributed by atoms with E-state index in [1.807, 2.05) is 31.2 Å². The SMILES string of the molecule is CCOc1ccc(Nc2ncccc2C(=O)Nc2ccc(OC)nc2)cc1. The summed E-state index contributed by atoms with van der Waals surface area (Å²) in [7, 11) is 1.54. The van der Waals surface area contributed by atoms with E-state index in [4.69, 9.17) is 9.47 Å². The fourth-order valence-electron chi connectivity index (χ4n) is 2.40. The Morgan fingerprint density at radius 3 is 2.48 bits per heavy atom. The average Bonchev–Trinajstić information content (AvgIpc) is 2.70. The molecule has 0 aliphatic rings. The van der Waals surface area contributed by atoms with Crippen LogP contribution in [0.25, 0.3) is 0 Å². The molecule has 2 heterocycles. The van der Waals surface area contributed by atoms with Gasteiger partial charge in [0.25, 0.3) is 5.91 Å². The first-order valence-electron chi connectivity index (χ1n) is 8.46. The van der Waals surface area contributed by atoms with Gasteiger partial charge in [0.05, 0.1) is 31.2 Å². The zero-order valence-corrected chi connectivity index (χ0v) is 15.1. The Morgan fingerprint density at radius 1 is 1.04 bits per heavy atom. The largest absolute Gasteiger partial charge is 0.494 e. The average molecular weight is 364 g/mol. The fourth-order valence-corrected chi connectivity index (χ4v) is 2.40. The summed E-state index contributed by atoms with van der Waals surface area (Å²) in [6.45, 7) is 2.54. The van der Waals surface area contributed by atoms with Crippen molar-refractivity contribution < 1.29 is 14.3 Å². The molecule has 0 aliphatic carbocycles. The van der Waals surface area contributed by atoms with Crippen LogP contribution >= 0.6 is 0 Å². The number of anilines is 3. The molecule has 0 radical (unpaired) electrons. The number of hydrogen-bond acceptors (Lipinski definition) is 6. The van der Waals surface area contributed by atoms with Crippen molar-refractivity contribution in [3.63, 3.8) is 0 Å². The first-order chi connectivity index (χ1) is 13.2. The predicted octanol–water partition coefficient (Wildman–Crippen LogP) is 3.88. The van der Waals surface area contributed by atoms with Crippen LogP contribution in [0, 0.1) is 0 Å². The van der Waals surface area contributed by atoms with Gasteiger partial charge < -0.3 is 20.1 Å². The standard InChI is InChI=1S/C20H20N4O3/c1-3-27-16-9-6-14(7-10-16)23-19-17(5-4-12-21-19)20(25)24-15-8-11-18(26-2)22-13-15/h4-13H,3H2,1-2H3,(H,21,23)(H,24,25). The molecule has 0 atom stereocenters. The van der Waals surface area contributed by atoms with Gasteiger partial charge in [0.2, 0.25) is 5.88 Å². The summed E-state index contributed by atoms with van der Waals surface area (Å²) in [5.41, 5.74) is 1.79. The van der Waals surface area contributed by atoms with Crippen molar-refractivity contribution in [2.75, 3.05) is 24.4 Å². The van der Waals surface area contributed by atoms with Crippen molar-refractivity contribution >= 4 is 23.1 Å². The monoisotopic (exact) mass is 364 g/mol. The molecule has 2 N–H and O–H groups in total. The molecule has 7 heteroatoms. The van der Waals surface area contributed by atoms with Crippen LogP contribution in [0.3, 0.4) is 0 Å². The van der Waals surface area contributed by atoms with Gasteiger partial charge in [0.1, 0.15) is 11.6 Å². The lowest BCUT2D eigenvalue weighted by Crippen LogP contribution is -2.14. The third kappa shape index (κ3) is 4.72. The number of benzene rings is 1.